The van der Waals surface area contributed by atoms with Crippen LogP contribution in [-0.4, -0.2) is 66.3 Å². The van der Waals surface area contributed by atoms with Gasteiger partial charge in [-0.3, -0.25) is 9.80 Å². The van der Waals surface area contributed by atoms with Crippen molar-refractivity contribution in [2.45, 2.75) is 58.2 Å². The van der Waals surface area contributed by atoms with Crippen LogP contribution in [0.4, 0.5) is 0 Å². The molecule has 2 aromatic heterocycles. The molecule has 3 heterocycles. The molecule has 1 aliphatic heterocycles. The van der Waals surface area contributed by atoms with Gasteiger partial charge in [-0.25, -0.2) is 4.68 Å². The highest BCUT2D eigenvalue weighted by Crippen LogP contribution is 2.34. The Labute approximate surface area is 147 Å². The molecule has 2 fully saturated rings. The van der Waals surface area contributed by atoms with Crippen molar-refractivity contribution < 1.29 is 4.52 Å². The third-order valence-corrected chi connectivity index (χ3v) is 5.10. The van der Waals surface area contributed by atoms with Crippen molar-refractivity contribution in [3.05, 3.63) is 17.5 Å². The summed E-state index contributed by atoms with van der Waals surface area (Å²) in [5, 5.41) is 16.3. The fourth-order valence-electron chi connectivity index (χ4n) is 3.24. The molecule has 9 heteroatoms. The van der Waals surface area contributed by atoms with Crippen LogP contribution in [0.15, 0.2) is 4.52 Å². The number of nitrogens with zero attached hydrogens (tertiary/aromatic N) is 8. The summed E-state index contributed by atoms with van der Waals surface area (Å²) >= 11 is 0. The van der Waals surface area contributed by atoms with Crippen molar-refractivity contribution in [2.24, 2.45) is 0 Å². The molecule has 2 aliphatic rings. The second-order valence-corrected chi connectivity index (χ2v) is 7.40. The lowest BCUT2D eigenvalue weighted by Crippen LogP contribution is -2.47. The predicted molar refractivity (Wildman–Crippen MR) is 89.7 cm³/mol. The number of piperazine rings is 1. The molecule has 1 aliphatic carbocycles. The molecule has 0 N–H and O–H groups in total. The van der Waals surface area contributed by atoms with Gasteiger partial charge in [0.25, 0.3) is 0 Å². The average Bonchev–Trinajstić information content (AvgIpc) is 3.15. The first-order valence-electron chi connectivity index (χ1n) is 9.18. The standard InChI is InChI=1S/C16H26N8O/c1-11(2)15-17-16(25-19-15)12(3)23-8-6-22(7-9-23)10-14-18-20-21-24(14)13-4-5-13/h11-13H,4-10H2,1-3H3. The number of hydrogen-bond donors (Lipinski definition) is 0. The van der Waals surface area contributed by atoms with Crippen molar-refractivity contribution in [3.8, 4) is 0 Å². The summed E-state index contributed by atoms with van der Waals surface area (Å²) in [6, 6.07) is 0.679. The van der Waals surface area contributed by atoms with Gasteiger partial charge in [-0.1, -0.05) is 19.0 Å². The SMILES string of the molecule is CC(C)c1noc(C(C)N2CCN(Cc3nnnn3C3CC3)CC2)n1. The Morgan fingerprint density at radius 3 is 2.52 bits per heavy atom. The summed E-state index contributed by atoms with van der Waals surface area (Å²) in [5.41, 5.74) is 0. The highest BCUT2D eigenvalue weighted by Gasteiger charge is 2.30. The van der Waals surface area contributed by atoms with E-state index in [0.717, 1.165) is 50.3 Å². The number of aromatic nitrogens is 6. The van der Waals surface area contributed by atoms with Crippen molar-refractivity contribution in [1.29, 1.82) is 0 Å². The zero-order chi connectivity index (χ0) is 17.4. The third kappa shape index (κ3) is 3.57. The topological polar surface area (TPSA) is 89.0 Å². The van der Waals surface area contributed by atoms with Gasteiger partial charge in [-0.05, 0) is 30.2 Å². The molecule has 4 rings (SSSR count). The van der Waals surface area contributed by atoms with Crippen LogP contribution in [0.2, 0.25) is 0 Å². The van der Waals surface area contributed by atoms with Gasteiger partial charge in [-0.2, -0.15) is 4.98 Å². The summed E-state index contributed by atoms with van der Waals surface area (Å²) in [4.78, 5) is 9.36. The molecule has 0 radical (unpaired) electrons. The molecule has 0 aromatic carbocycles. The van der Waals surface area contributed by atoms with E-state index in [4.69, 9.17) is 4.52 Å². The summed E-state index contributed by atoms with van der Waals surface area (Å²) in [5.74, 6) is 2.78. The molecule has 0 spiro atoms. The van der Waals surface area contributed by atoms with Gasteiger partial charge in [0.1, 0.15) is 0 Å². The van der Waals surface area contributed by atoms with Crippen LogP contribution < -0.4 is 0 Å². The average molecular weight is 346 g/mol. The summed E-state index contributed by atoms with van der Waals surface area (Å²) in [6.07, 6.45) is 2.40. The van der Waals surface area contributed by atoms with E-state index in [1.165, 1.54) is 12.8 Å². The van der Waals surface area contributed by atoms with Crippen LogP contribution in [0.25, 0.3) is 0 Å². The molecule has 2 aromatic rings. The molecule has 1 unspecified atom stereocenters. The van der Waals surface area contributed by atoms with Crippen LogP contribution in [-0.2, 0) is 6.54 Å². The van der Waals surface area contributed by atoms with E-state index >= 15 is 0 Å². The molecule has 9 nitrogen and oxygen atoms in total. The van der Waals surface area contributed by atoms with Gasteiger partial charge < -0.3 is 4.52 Å². The van der Waals surface area contributed by atoms with E-state index in [2.05, 4.69) is 56.2 Å². The molecule has 25 heavy (non-hydrogen) atoms. The Bertz CT molecular complexity index is 699. The first-order chi connectivity index (χ1) is 12.1. The van der Waals surface area contributed by atoms with Crippen LogP contribution in [0.5, 0.6) is 0 Å². The smallest absolute Gasteiger partial charge is 0.243 e. The Morgan fingerprint density at radius 1 is 1.12 bits per heavy atom. The molecular formula is C16H26N8O. The van der Waals surface area contributed by atoms with Gasteiger partial charge in [0.2, 0.25) is 5.89 Å². The normalized spacial score (nSPS) is 21.1. The minimum absolute atomic E-state index is 0.152. The molecular weight excluding hydrogens is 320 g/mol. The van der Waals surface area contributed by atoms with Gasteiger partial charge in [0, 0.05) is 32.1 Å². The maximum Gasteiger partial charge on any atom is 0.243 e. The van der Waals surface area contributed by atoms with Crippen LogP contribution in [0.1, 0.15) is 69.2 Å². The van der Waals surface area contributed by atoms with Gasteiger partial charge in [0.15, 0.2) is 11.6 Å². The van der Waals surface area contributed by atoms with E-state index in [9.17, 15) is 0 Å². The first-order valence-corrected chi connectivity index (χ1v) is 9.18. The van der Waals surface area contributed by atoms with E-state index in [1.807, 2.05) is 4.68 Å². The number of tetrazole rings is 1. The summed E-state index contributed by atoms with van der Waals surface area (Å²) in [7, 11) is 0. The fourth-order valence-corrected chi connectivity index (χ4v) is 3.24. The van der Waals surface area contributed by atoms with Crippen LogP contribution >= 0.6 is 0 Å². The maximum atomic E-state index is 5.46. The monoisotopic (exact) mass is 346 g/mol. The van der Waals surface area contributed by atoms with Gasteiger partial charge in [-0.15, -0.1) is 5.10 Å². The highest BCUT2D eigenvalue weighted by molar-refractivity contribution is 4.97. The Hall–Kier alpha value is -1.87. The third-order valence-electron chi connectivity index (χ3n) is 5.10. The Balaban J connectivity index is 1.32. The van der Waals surface area contributed by atoms with Crippen molar-refractivity contribution >= 4 is 0 Å². The van der Waals surface area contributed by atoms with E-state index in [1.54, 1.807) is 0 Å². The first kappa shape index (κ1) is 16.6. The zero-order valence-corrected chi connectivity index (χ0v) is 15.2. The highest BCUT2D eigenvalue weighted by atomic mass is 16.5. The van der Waals surface area contributed by atoms with E-state index in [0.29, 0.717) is 12.0 Å². The largest absolute Gasteiger partial charge is 0.338 e. The minimum Gasteiger partial charge on any atom is -0.338 e. The van der Waals surface area contributed by atoms with Crippen LogP contribution in [0, 0.1) is 0 Å². The van der Waals surface area contributed by atoms with Crippen LogP contribution in [0.3, 0.4) is 0 Å². The molecule has 0 bridgehead atoms. The minimum atomic E-state index is 0.152. The second kappa shape index (κ2) is 6.80. The van der Waals surface area contributed by atoms with E-state index < -0.39 is 0 Å². The summed E-state index contributed by atoms with van der Waals surface area (Å²) < 4.78 is 7.46. The van der Waals surface area contributed by atoms with Crippen molar-refractivity contribution in [3.63, 3.8) is 0 Å². The Kier molecular flexibility index (Phi) is 4.51. The zero-order valence-electron chi connectivity index (χ0n) is 15.2. The lowest BCUT2D eigenvalue weighted by Gasteiger charge is -2.36. The fraction of sp³-hybridized carbons (Fsp3) is 0.812. The Morgan fingerprint density at radius 2 is 1.88 bits per heavy atom. The molecule has 1 saturated carbocycles. The number of hydrogen-bond acceptors (Lipinski definition) is 8. The lowest BCUT2D eigenvalue weighted by atomic mass is 10.2. The van der Waals surface area contributed by atoms with Gasteiger partial charge in [0.05, 0.1) is 18.6 Å². The number of rotatable bonds is 6. The quantitative estimate of drug-likeness (QED) is 0.775. The lowest BCUT2D eigenvalue weighted by molar-refractivity contribution is 0.0823. The molecule has 1 atom stereocenters. The van der Waals surface area contributed by atoms with Gasteiger partial charge >= 0.3 is 0 Å². The predicted octanol–water partition coefficient (Wildman–Crippen LogP) is 1.39. The van der Waals surface area contributed by atoms with Crippen molar-refractivity contribution in [2.75, 3.05) is 26.2 Å². The second-order valence-electron chi connectivity index (χ2n) is 7.40. The molecule has 0 amide bonds. The van der Waals surface area contributed by atoms with E-state index in [-0.39, 0.29) is 6.04 Å². The molecule has 136 valence electrons. The molecule has 1 saturated heterocycles. The van der Waals surface area contributed by atoms with Crippen molar-refractivity contribution in [1.82, 2.24) is 40.1 Å². The maximum absolute atomic E-state index is 5.46. The summed E-state index contributed by atoms with van der Waals surface area (Å²) in [6.45, 7) is 11.1.